The Labute approximate surface area is 133 Å². The summed E-state index contributed by atoms with van der Waals surface area (Å²) in [5.41, 5.74) is 1.22. The van der Waals surface area contributed by atoms with E-state index in [9.17, 15) is 0 Å². The van der Waals surface area contributed by atoms with E-state index in [1.807, 2.05) is 18.2 Å². The summed E-state index contributed by atoms with van der Waals surface area (Å²) in [5.74, 6) is 1.12. The summed E-state index contributed by atoms with van der Waals surface area (Å²) in [7, 11) is 3.68. The van der Waals surface area contributed by atoms with Crippen molar-refractivity contribution in [3.8, 4) is 5.88 Å². The quantitative estimate of drug-likeness (QED) is 0.777. The van der Waals surface area contributed by atoms with Gasteiger partial charge in [-0.25, -0.2) is 4.98 Å². The predicted molar refractivity (Wildman–Crippen MR) is 89.1 cm³/mol. The molecule has 0 fully saturated rings. The topological polar surface area (TPSA) is 50.3 Å². The maximum absolute atomic E-state index is 5.14. The lowest BCUT2D eigenvalue weighted by Crippen LogP contribution is -2.21. The van der Waals surface area contributed by atoms with E-state index in [4.69, 9.17) is 4.74 Å². The number of rotatable bonds is 7. The minimum Gasteiger partial charge on any atom is -0.480 e. The zero-order valence-electron chi connectivity index (χ0n) is 12.2. The Hall–Kier alpha value is -1.82. The monoisotopic (exact) mass is 350 g/mol. The van der Waals surface area contributed by atoms with Gasteiger partial charge in [-0.2, -0.15) is 4.98 Å². The van der Waals surface area contributed by atoms with E-state index in [0.29, 0.717) is 11.8 Å². The van der Waals surface area contributed by atoms with Gasteiger partial charge in [-0.1, -0.05) is 18.2 Å². The van der Waals surface area contributed by atoms with Crippen molar-refractivity contribution >= 4 is 27.6 Å². The second kappa shape index (κ2) is 7.83. The summed E-state index contributed by atoms with van der Waals surface area (Å²) < 4.78 is 5.89. The van der Waals surface area contributed by atoms with Gasteiger partial charge in [-0.05, 0) is 34.5 Å². The molecule has 1 aromatic carbocycles. The first-order valence-electron chi connectivity index (χ1n) is 6.77. The van der Waals surface area contributed by atoms with Crippen molar-refractivity contribution in [2.24, 2.45) is 0 Å². The van der Waals surface area contributed by atoms with Gasteiger partial charge in [0.15, 0.2) is 0 Å². The Morgan fingerprint density at radius 2 is 2.05 bits per heavy atom. The van der Waals surface area contributed by atoms with Gasteiger partial charge >= 0.3 is 0 Å². The average molecular weight is 351 g/mol. The average Bonchev–Trinajstić information content (AvgIpc) is 2.53. The summed E-state index contributed by atoms with van der Waals surface area (Å²) in [4.78, 5) is 10.7. The molecule has 0 aliphatic carbocycles. The third-order valence-electron chi connectivity index (χ3n) is 3.06. The largest absolute Gasteiger partial charge is 0.480 e. The highest BCUT2D eigenvalue weighted by Crippen LogP contribution is 2.21. The number of ether oxygens (including phenoxy) is 1. The SMILES string of the molecule is COc1nc(NCCCN(C)c2ccccc2)ncc1Br. The molecule has 0 amide bonds. The number of nitrogens with zero attached hydrogens (tertiary/aromatic N) is 3. The number of methoxy groups -OCH3 is 1. The van der Waals surface area contributed by atoms with Gasteiger partial charge in [0, 0.05) is 25.8 Å². The lowest BCUT2D eigenvalue weighted by atomic mass is 10.3. The van der Waals surface area contributed by atoms with Crippen LogP contribution in [0.25, 0.3) is 0 Å². The molecule has 0 aliphatic heterocycles. The molecule has 2 rings (SSSR count). The molecule has 1 aromatic heterocycles. The number of para-hydroxylation sites is 1. The van der Waals surface area contributed by atoms with E-state index >= 15 is 0 Å². The number of hydrogen-bond donors (Lipinski definition) is 1. The van der Waals surface area contributed by atoms with Crippen LogP contribution in [0.1, 0.15) is 6.42 Å². The fraction of sp³-hybridized carbons (Fsp3) is 0.333. The van der Waals surface area contributed by atoms with Crippen LogP contribution in [0.5, 0.6) is 5.88 Å². The molecule has 0 spiro atoms. The lowest BCUT2D eigenvalue weighted by molar-refractivity contribution is 0.394. The molecule has 1 heterocycles. The summed E-state index contributed by atoms with van der Waals surface area (Å²) in [5, 5.41) is 3.20. The van der Waals surface area contributed by atoms with Crippen molar-refractivity contribution in [3.63, 3.8) is 0 Å². The van der Waals surface area contributed by atoms with Crippen LogP contribution < -0.4 is 15.0 Å². The minimum atomic E-state index is 0.536. The molecule has 0 atom stereocenters. The van der Waals surface area contributed by atoms with Crippen molar-refractivity contribution < 1.29 is 4.74 Å². The first-order chi connectivity index (χ1) is 10.2. The van der Waals surface area contributed by atoms with Gasteiger partial charge in [0.25, 0.3) is 0 Å². The maximum Gasteiger partial charge on any atom is 0.232 e. The maximum atomic E-state index is 5.14. The second-order valence-corrected chi connectivity index (χ2v) is 5.44. The van der Waals surface area contributed by atoms with Crippen molar-refractivity contribution in [2.45, 2.75) is 6.42 Å². The number of hydrogen-bond acceptors (Lipinski definition) is 5. The molecule has 0 aliphatic rings. The van der Waals surface area contributed by atoms with Gasteiger partial charge in [0.05, 0.1) is 17.8 Å². The van der Waals surface area contributed by atoms with Gasteiger partial charge < -0.3 is 15.0 Å². The third kappa shape index (κ3) is 4.60. The fourth-order valence-electron chi connectivity index (χ4n) is 1.91. The van der Waals surface area contributed by atoms with Crippen LogP contribution >= 0.6 is 15.9 Å². The number of anilines is 2. The Bertz CT molecular complexity index is 565. The van der Waals surface area contributed by atoms with Crippen molar-refractivity contribution in [1.29, 1.82) is 0 Å². The zero-order chi connectivity index (χ0) is 15.1. The predicted octanol–water partition coefficient (Wildman–Crippen LogP) is 3.19. The Morgan fingerprint density at radius 3 is 2.76 bits per heavy atom. The Balaban J connectivity index is 1.77. The highest BCUT2D eigenvalue weighted by atomic mass is 79.9. The number of benzene rings is 1. The van der Waals surface area contributed by atoms with E-state index in [0.717, 1.165) is 24.0 Å². The van der Waals surface area contributed by atoms with Crippen molar-refractivity contribution in [3.05, 3.63) is 41.0 Å². The fourth-order valence-corrected chi connectivity index (χ4v) is 2.26. The van der Waals surface area contributed by atoms with Crippen LogP contribution in [0.4, 0.5) is 11.6 Å². The van der Waals surface area contributed by atoms with Crippen LogP contribution in [0.3, 0.4) is 0 Å². The van der Waals surface area contributed by atoms with E-state index in [2.05, 4.69) is 55.3 Å². The number of nitrogens with one attached hydrogen (secondary N) is 1. The third-order valence-corrected chi connectivity index (χ3v) is 3.60. The summed E-state index contributed by atoms with van der Waals surface area (Å²) >= 11 is 3.33. The Kier molecular flexibility index (Phi) is 5.80. The molecule has 112 valence electrons. The van der Waals surface area contributed by atoms with Crippen LogP contribution in [-0.4, -0.2) is 37.2 Å². The highest BCUT2D eigenvalue weighted by Gasteiger charge is 2.04. The molecule has 5 nitrogen and oxygen atoms in total. The van der Waals surface area contributed by atoms with Gasteiger partial charge in [-0.3, -0.25) is 0 Å². The van der Waals surface area contributed by atoms with E-state index in [1.165, 1.54) is 5.69 Å². The van der Waals surface area contributed by atoms with Gasteiger partial charge in [0.2, 0.25) is 11.8 Å². The standard InChI is InChI=1S/C15H19BrN4O/c1-20(12-7-4-3-5-8-12)10-6-9-17-15-18-11-13(16)14(19-15)21-2/h3-5,7-8,11H,6,9-10H2,1-2H3,(H,17,18,19). The van der Waals surface area contributed by atoms with E-state index in [1.54, 1.807) is 13.3 Å². The van der Waals surface area contributed by atoms with Crippen LogP contribution in [0.2, 0.25) is 0 Å². The van der Waals surface area contributed by atoms with Crippen molar-refractivity contribution in [2.75, 3.05) is 37.5 Å². The second-order valence-electron chi connectivity index (χ2n) is 4.59. The smallest absolute Gasteiger partial charge is 0.232 e. The normalized spacial score (nSPS) is 10.2. The number of halogens is 1. The molecular formula is C15H19BrN4O. The van der Waals surface area contributed by atoms with Crippen molar-refractivity contribution in [1.82, 2.24) is 9.97 Å². The Morgan fingerprint density at radius 1 is 1.29 bits per heavy atom. The first kappa shape index (κ1) is 15.6. The van der Waals surface area contributed by atoms with Crippen LogP contribution in [0, 0.1) is 0 Å². The molecule has 0 bridgehead atoms. The molecule has 0 saturated carbocycles. The molecule has 0 saturated heterocycles. The summed E-state index contributed by atoms with van der Waals surface area (Å²) in [6.45, 7) is 1.77. The highest BCUT2D eigenvalue weighted by molar-refractivity contribution is 9.10. The van der Waals surface area contributed by atoms with Gasteiger partial charge in [-0.15, -0.1) is 0 Å². The molecular weight excluding hydrogens is 332 g/mol. The summed E-state index contributed by atoms with van der Waals surface area (Å²) in [6, 6.07) is 10.3. The molecule has 2 aromatic rings. The van der Waals surface area contributed by atoms with Gasteiger partial charge in [0.1, 0.15) is 0 Å². The summed E-state index contributed by atoms with van der Waals surface area (Å²) in [6.07, 6.45) is 2.68. The molecule has 0 radical (unpaired) electrons. The number of aromatic nitrogens is 2. The minimum absolute atomic E-state index is 0.536. The van der Waals surface area contributed by atoms with Crippen LogP contribution in [0.15, 0.2) is 41.0 Å². The van der Waals surface area contributed by atoms with Crippen LogP contribution in [-0.2, 0) is 0 Å². The lowest BCUT2D eigenvalue weighted by Gasteiger charge is -2.19. The molecule has 0 unspecified atom stereocenters. The first-order valence-corrected chi connectivity index (χ1v) is 7.56. The molecule has 6 heteroatoms. The zero-order valence-corrected chi connectivity index (χ0v) is 13.8. The molecule has 21 heavy (non-hydrogen) atoms. The molecule has 1 N–H and O–H groups in total. The van der Waals surface area contributed by atoms with E-state index < -0.39 is 0 Å². The van der Waals surface area contributed by atoms with E-state index in [-0.39, 0.29) is 0 Å².